The van der Waals surface area contributed by atoms with Gasteiger partial charge < -0.3 is 15.4 Å². The summed E-state index contributed by atoms with van der Waals surface area (Å²) in [5.74, 6) is 0.633. The van der Waals surface area contributed by atoms with Crippen LogP contribution in [0.15, 0.2) is 47.5 Å². The first-order valence-electron chi connectivity index (χ1n) is 10.9. The number of hydrogen-bond donors (Lipinski definition) is 3. The van der Waals surface area contributed by atoms with Crippen molar-refractivity contribution in [3.05, 3.63) is 76.0 Å². The summed E-state index contributed by atoms with van der Waals surface area (Å²) in [4.78, 5) is 16.9. The zero-order valence-corrected chi connectivity index (χ0v) is 17.9. The van der Waals surface area contributed by atoms with Gasteiger partial charge in [-0.1, -0.05) is 12.1 Å². The fourth-order valence-corrected chi connectivity index (χ4v) is 4.85. The summed E-state index contributed by atoms with van der Waals surface area (Å²) in [6.45, 7) is 1.81. The highest BCUT2D eigenvalue weighted by atomic mass is 19.1. The number of ether oxygens (including phenoxy) is 1. The maximum atomic E-state index is 14.4. The second kappa shape index (κ2) is 7.66. The van der Waals surface area contributed by atoms with Gasteiger partial charge in [0.15, 0.2) is 0 Å². The van der Waals surface area contributed by atoms with Crippen LogP contribution in [-0.4, -0.2) is 44.2 Å². The first-order chi connectivity index (χ1) is 16.1. The third kappa shape index (κ3) is 3.34. The molecular weight excluding hydrogens is 425 g/mol. The molecule has 0 unspecified atom stereocenters. The van der Waals surface area contributed by atoms with Gasteiger partial charge in [-0.3, -0.25) is 9.48 Å². The van der Waals surface area contributed by atoms with Gasteiger partial charge in [0, 0.05) is 24.7 Å². The van der Waals surface area contributed by atoms with Gasteiger partial charge in [0.25, 0.3) is 5.56 Å². The van der Waals surface area contributed by atoms with Gasteiger partial charge >= 0.3 is 0 Å². The van der Waals surface area contributed by atoms with Crippen LogP contribution in [0.4, 0.5) is 10.1 Å². The molecule has 0 spiro atoms. The average Bonchev–Trinajstić information content (AvgIpc) is 3.48. The molecule has 2 aliphatic rings. The molecular formula is C23H22FN7O2. The fourth-order valence-electron chi connectivity index (χ4n) is 4.85. The molecule has 1 saturated heterocycles. The maximum absolute atomic E-state index is 14.4. The van der Waals surface area contributed by atoms with Gasteiger partial charge in [0.2, 0.25) is 0 Å². The molecule has 2 aliphatic heterocycles. The molecule has 4 aromatic rings. The molecule has 9 nitrogen and oxygen atoms in total. The van der Waals surface area contributed by atoms with E-state index in [1.54, 1.807) is 4.68 Å². The van der Waals surface area contributed by atoms with E-state index in [0.29, 0.717) is 22.6 Å². The number of H-pyrrole nitrogens is 1. The van der Waals surface area contributed by atoms with Gasteiger partial charge in [-0.25, -0.2) is 14.5 Å². The van der Waals surface area contributed by atoms with Crippen molar-refractivity contribution in [2.45, 2.75) is 24.5 Å². The van der Waals surface area contributed by atoms with E-state index >= 15 is 0 Å². The number of halogens is 1. The molecule has 33 heavy (non-hydrogen) atoms. The Morgan fingerprint density at radius 3 is 2.79 bits per heavy atom. The van der Waals surface area contributed by atoms with Crippen molar-refractivity contribution in [3.63, 3.8) is 0 Å². The van der Waals surface area contributed by atoms with Crippen LogP contribution in [0.2, 0.25) is 0 Å². The molecule has 6 rings (SSSR count). The van der Waals surface area contributed by atoms with Gasteiger partial charge in [-0.05, 0) is 42.8 Å². The summed E-state index contributed by atoms with van der Waals surface area (Å²) in [5.41, 5.74) is 1.67. The lowest BCUT2D eigenvalue weighted by Gasteiger charge is -2.33. The number of nitrogens with one attached hydrogen (secondary N) is 3. The van der Waals surface area contributed by atoms with Gasteiger partial charge in [0.1, 0.15) is 29.8 Å². The molecule has 0 aliphatic carbocycles. The van der Waals surface area contributed by atoms with Crippen LogP contribution in [-0.2, 0) is 7.05 Å². The Kier molecular flexibility index (Phi) is 4.61. The Morgan fingerprint density at radius 2 is 2.06 bits per heavy atom. The molecule has 10 heteroatoms. The van der Waals surface area contributed by atoms with Crippen LogP contribution in [0.1, 0.15) is 35.5 Å². The van der Waals surface area contributed by atoms with Gasteiger partial charge in [-0.15, -0.1) is 0 Å². The van der Waals surface area contributed by atoms with E-state index < -0.39 is 11.4 Å². The van der Waals surface area contributed by atoms with Crippen molar-refractivity contribution in [2.24, 2.45) is 7.05 Å². The van der Waals surface area contributed by atoms with Crippen LogP contribution >= 0.6 is 0 Å². The highest BCUT2D eigenvalue weighted by Gasteiger charge is 2.37. The summed E-state index contributed by atoms with van der Waals surface area (Å²) < 4.78 is 22.1. The van der Waals surface area contributed by atoms with Crippen LogP contribution < -0.4 is 20.9 Å². The third-order valence-corrected chi connectivity index (χ3v) is 6.40. The predicted molar refractivity (Wildman–Crippen MR) is 120 cm³/mol. The molecule has 2 aromatic carbocycles. The largest absolute Gasteiger partial charge is 0.489 e. The number of aromatic amines is 1. The van der Waals surface area contributed by atoms with E-state index in [1.807, 2.05) is 31.3 Å². The number of rotatable bonds is 4. The third-order valence-electron chi connectivity index (χ3n) is 6.40. The zero-order valence-electron chi connectivity index (χ0n) is 17.9. The molecule has 3 N–H and O–H groups in total. The number of aryl methyl sites for hydroxylation is 1. The maximum Gasteiger partial charge on any atom is 0.272 e. The molecule has 2 aromatic heterocycles. The highest BCUT2D eigenvalue weighted by Crippen LogP contribution is 2.46. The SMILES string of the molecule is Cn1ncnc1[C@H]1c2n[nH]c(=O)c3cc(F)cc(c23)N[C@@H]1c1ccc(O[C@@H]2CCNC2)cc1. The Hall–Kier alpha value is -3.79. The lowest BCUT2D eigenvalue weighted by atomic mass is 9.83. The lowest BCUT2D eigenvalue weighted by Crippen LogP contribution is -2.30. The number of anilines is 1. The van der Waals surface area contributed by atoms with Crippen molar-refractivity contribution >= 4 is 16.5 Å². The van der Waals surface area contributed by atoms with Crippen LogP contribution in [0.25, 0.3) is 10.8 Å². The number of aromatic nitrogens is 5. The molecule has 0 saturated carbocycles. The van der Waals surface area contributed by atoms with Crippen LogP contribution in [0.5, 0.6) is 5.75 Å². The molecule has 0 amide bonds. The lowest BCUT2D eigenvalue weighted by molar-refractivity contribution is 0.223. The number of benzene rings is 2. The summed E-state index contributed by atoms with van der Waals surface area (Å²) in [5, 5.41) is 18.7. The molecule has 4 heterocycles. The van der Waals surface area contributed by atoms with Crippen molar-refractivity contribution in [3.8, 4) is 5.75 Å². The smallest absolute Gasteiger partial charge is 0.272 e. The second-order valence-electron chi connectivity index (χ2n) is 8.46. The van der Waals surface area contributed by atoms with E-state index in [2.05, 4.69) is 30.9 Å². The molecule has 168 valence electrons. The van der Waals surface area contributed by atoms with E-state index in [0.717, 1.165) is 30.8 Å². The zero-order chi connectivity index (χ0) is 22.5. The minimum atomic E-state index is -0.488. The topological polar surface area (TPSA) is 110 Å². The second-order valence-corrected chi connectivity index (χ2v) is 8.46. The van der Waals surface area contributed by atoms with Crippen molar-refractivity contribution in [1.82, 2.24) is 30.3 Å². The Bertz CT molecular complexity index is 1390. The summed E-state index contributed by atoms with van der Waals surface area (Å²) in [6, 6.07) is 10.2. The molecule has 0 radical (unpaired) electrons. The Morgan fingerprint density at radius 1 is 1.21 bits per heavy atom. The first-order valence-corrected chi connectivity index (χ1v) is 10.9. The summed E-state index contributed by atoms with van der Waals surface area (Å²) in [6.07, 6.45) is 2.64. The van der Waals surface area contributed by atoms with Crippen molar-refractivity contribution in [1.29, 1.82) is 0 Å². The van der Waals surface area contributed by atoms with Gasteiger partial charge in [-0.2, -0.15) is 10.2 Å². The van der Waals surface area contributed by atoms with E-state index in [1.165, 1.54) is 18.5 Å². The standard InChI is InChI=1S/C23H22FN7O2/c1-31-22(26-11-27-31)19-20(12-2-4-14(5-3-12)33-15-6-7-25-10-15)28-17-9-13(24)8-16-18(17)21(19)29-30-23(16)32/h2-5,8-9,11,15,19-20,25,28H,6-7,10H2,1H3,(H,30,32)/t15-,19-,20-/m1/s1. The number of nitrogens with zero attached hydrogens (tertiary/aromatic N) is 4. The predicted octanol–water partition coefficient (Wildman–Crippen LogP) is 2.23. The van der Waals surface area contributed by atoms with E-state index in [9.17, 15) is 9.18 Å². The Labute approximate surface area is 188 Å². The minimum absolute atomic E-state index is 0.170. The average molecular weight is 447 g/mol. The normalized spacial score (nSPS) is 21.8. The number of hydrogen-bond acceptors (Lipinski definition) is 7. The van der Waals surface area contributed by atoms with Crippen LogP contribution in [0, 0.1) is 5.82 Å². The minimum Gasteiger partial charge on any atom is -0.489 e. The Balaban J connectivity index is 1.46. The fraction of sp³-hybridized carbons (Fsp3) is 0.304. The van der Waals surface area contributed by atoms with E-state index in [-0.39, 0.29) is 23.4 Å². The first kappa shape index (κ1) is 19.9. The molecule has 3 atom stereocenters. The molecule has 1 fully saturated rings. The highest BCUT2D eigenvalue weighted by molar-refractivity contribution is 5.97. The van der Waals surface area contributed by atoms with Crippen molar-refractivity contribution < 1.29 is 9.13 Å². The quantitative estimate of drug-likeness (QED) is 0.440. The summed E-state index contributed by atoms with van der Waals surface area (Å²) in [7, 11) is 1.81. The van der Waals surface area contributed by atoms with Gasteiger partial charge in [0.05, 0.1) is 23.0 Å². The van der Waals surface area contributed by atoms with Crippen LogP contribution in [0.3, 0.4) is 0 Å². The van der Waals surface area contributed by atoms with E-state index in [4.69, 9.17) is 4.74 Å². The van der Waals surface area contributed by atoms with Crippen molar-refractivity contribution in [2.75, 3.05) is 18.4 Å². The molecule has 0 bridgehead atoms. The monoisotopic (exact) mass is 447 g/mol. The summed E-state index contributed by atoms with van der Waals surface area (Å²) >= 11 is 0.